The van der Waals surface area contributed by atoms with E-state index in [1.807, 2.05) is 36.9 Å². The minimum absolute atomic E-state index is 0.521. The Morgan fingerprint density at radius 1 is 1.28 bits per heavy atom. The summed E-state index contributed by atoms with van der Waals surface area (Å²) >= 11 is 0. The van der Waals surface area contributed by atoms with Crippen LogP contribution in [0.3, 0.4) is 0 Å². The van der Waals surface area contributed by atoms with Gasteiger partial charge in [-0.1, -0.05) is 26.0 Å². The number of aryl methyl sites for hydroxylation is 2. The minimum atomic E-state index is 0.521. The second-order valence-corrected chi connectivity index (χ2v) is 4.92. The van der Waals surface area contributed by atoms with Crippen molar-refractivity contribution >= 4 is 0 Å². The van der Waals surface area contributed by atoms with E-state index in [4.69, 9.17) is 4.74 Å². The smallest absolute Gasteiger partial charge is 0.130 e. The van der Waals surface area contributed by atoms with Crippen LogP contribution in [0, 0.1) is 6.92 Å². The van der Waals surface area contributed by atoms with E-state index in [9.17, 15) is 0 Å². The van der Waals surface area contributed by atoms with Gasteiger partial charge in [-0.05, 0) is 36.6 Å². The van der Waals surface area contributed by atoms with Crippen molar-refractivity contribution in [2.75, 3.05) is 0 Å². The van der Waals surface area contributed by atoms with Crippen molar-refractivity contribution in [1.29, 1.82) is 0 Å². The van der Waals surface area contributed by atoms with Gasteiger partial charge < -0.3 is 4.74 Å². The highest BCUT2D eigenvalue weighted by atomic mass is 16.5. The van der Waals surface area contributed by atoms with Crippen LogP contribution in [0.1, 0.15) is 36.7 Å². The number of aromatic nitrogens is 2. The fourth-order valence-corrected chi connectivity index (χ4v) is 1.92. The van der Waals surface area contributed by atoms with Crippen LogP contribution in [0.2, 0.25) is 0 Å². The Labute approximate surface area is 108 Å². The maximum absolute atomic E-state index is 5.82. The lowest BCUT2D eigenvalue weighted by atomic mass is 10.0. The lowest BCUT2D eigenvalue weighted by molar-refractivity contribution is 0.294. The highest BCUT2D eigenvalue weighted by molar-refractivity contribution is 5.30. The van der Waals surface area contributed by atoms with E-state index in [1.165, 1.54) is 5.56 Å². The summed E-state index contributed by atoms with van der Waals surface area (Å²) in [6, 6.07) is 10.3. The van der Waals surface area contributed by atoms with Crippen molar-refractivity contribution < 1.29 is 4.74 Å². The molecule has 2 rings (SSSR count). The molecule has 0 atom stereocenters. The Morgan fingerprint density at radius 2 is 2.06 bits per heavy atom. The molecule has 0 fully saturated rings. The quantitative estimate of drug-likeness (QED) is 0.824. The molecule has 0 saturated carbocycles. The van der Waals surface area contributed by atoms with E-state index in [2.05, 4.69) is 31.1 Å². The molecule has 3 nitrogen and oxygen atoms in total. The van der Waals surface area contributed by atoms with Gasteiger partial charge in [-0.25, -0.2) is 0 Å². The van der Waals surface area contributed by atoms with Crippen molar-refractivity contribution in [1.82, 2.24) is 9.78 Å². The fourth-order valence-electron chi connectivity index (χ4n) is 1.92. The number of nitrogens with zero attached hydrogens (tertiary/aromatic N) is 2. The summed E-state index contributed by atoms with van der Waals surface area (Å²) in [5, 5.41) is 4.31. The third kappa shape index (κ3) is 2.92. The first-order chi connectivity index (χ1) is 8.56. The van der Waals surface area contributed by atoms with Crippen LogP contribution < -0.4 is 4.74 Å². The van der Waals surface area contributed by atoms with Gasteiger partial charge in [0, 0.05) is 7.05 Å². The third-order valence-corrected chi connectivity index (χ3v) is 3.01. The van der Waals surface area contributed by atoms with E-state index in [1.54, 1.807) is 0 Å². The summed E-state index contributed by atoms with van der Waals surface area (Å²) in [5.74, 6) is 1.44. The summed E-state index contributed by atoms with van der Waals surface area (Å²) in [5.41, 5.74) is 3.41. The molecule has 0 amide bonds. The third-order valence-electron chi connectivity index (χ3n) is 3.01. The maximum atomic E-state index is 5.82. The molecule has 0 N–H and O–H groups in total. The largest absolute Gasteiger partial charge is 0.487 e. The van der Waals surface area contributed by atoms with Crippen LogP contribution in [0.5, 0.6) is 5.75 Å². The van der Waals surface area contributed by atoms with Crippen LogP contribution in [-0.2, 0) is 13.7 Å². The van der Waals surface area contributed by atoms with Gasteiger partial charge in [0.25, 0.3) is 0 Å². The average Bonchev–Trinajstić information content (AvgIpc) is 2.65. The molecule has 0 aliphatic rings. The van der Waals surface area contributed by atoms with Gasteiger partial charge in [-0.15, -0.1) is 0 Å². The van der Waals surface area contributed by atoms with Gasteiger partial charge in [-0.2, -0.15) is 5.10 Å². The molecule has 0 radical (unpaired) electrons. The second-order valence-electron chi connectivity index (χ2n) is 4.92. The summed E-state index contributed by atoms with van der Waals surface area (Å²) in [4.78, 5) is 0. The standard InChI is InChI=1S/C15H20N2O/c1-11(2)13-6-5-7-15(9-13)18-10-14-8-12(3)16-17(14)4/h5-9,11H,10H2,1-4H3. The van der Waals surface area contributed by atoms with Crippen molar-refractivity contribution in [3.05, 3.63) is 47.3 Å². The maximum Gasteiger partial charge on any atom is 0.130 e. The fraction of sp³-hybridized carbons (Fsp3) is 0.400. The molecule has 2 aromatic rings. The highest BCUT2D eigenvalue weighted by Crippen LogP contribution is 2.20. The number of hydrogen-bond acceptors (Lipinski definition) is 2. The predicted molar refractivity (Wildman–Crippen MR) is 72.8 cm³/mol. The zero-order valence-corrected chi connectivity index (χ0v) is 11.5. The number of benzene rings is 1. The van der Waals surface area contributed by atoms with Crippen molar-refractivity contribution in [3.8, 4) is 5.75 Å². The van der Waals surface area contributed by atoms with Crippen LogP contribution >= 0.6 is 0 Å². The zero-order chi connectivity index (χ0) is 13.1. The van der Waals surface area contributed by atoms with Crippen molar-refractivity contribution in [3.63, 3.8) is 0 Å². The van der Waals surface area contributed by atoms with Gasteiger partial charge in [-0.3, -0.25) is 4.68 Å². The SMILES string of the molecule is Cc1cc(COc2cccc(C(C)C)c2)n(C)n1. The number of rotatable bonds is 4. The van der Waals surface area contributed by atoms with Crippen LogP contribution in [0.4, 0.5) is 0 Å². The molecule has 0 spiro atoms. The molecule has 1 aromatic carbocycles. The minimum Gasteiger partial charge on any atom is -0.487 e. The molecular weight excluding hydrogens is 224 g/mol. The van der Waals surface area contributed by atoms with Gasteiger partial charge in [0.15, 0.2) is 0 Å². The van der Waals surface area contributed by atoms with Gasteiger partial charge in [0.2, 0.25) is 0 Å². The molecule has 0 aliphatic carbocycles. The van der Waals surface area contributed by atoms with E-state index in [0.717, 1.165) is 17.1 Å². The molecular formula is C15H20N2O. The Kier molecular flexibility index (Phi) is 3.70. The first-order valence-electron chi connectivity index (χ1n) is 6.28. The number of hydrogen-bond donors (Lipinski definition) is 0. The van der Waals surface area contributed by atoms with Crippen molar-refractivity contribution in [2.45, 2.75) is 33.3 Å². The Balaban J connectivity index is 2.06. The molecule has 18 heavy (non-hydrogen) atoms. The molecule has 0 unspecified atom stereocenters. The molecule has 0 aliphatic heterocycles. The molecule has 3 heteroatoms. The average molecular weight is 244 g/mol. The monoisotopic (exact) mass is 244 g/mol. The van der Waals surface area contributed by atoms with E-state index in [0.29, 0.717) is 12.5 Å². The van der Waals surface area contributed by atoms with Gasteiger partial charge in [0.05, 0.1) is 11.4 Å². The first-order valence-corrected chi connectivity index (χ1v) is 6.28. The Morgan fingerprint density at radius 3 is 2.67 bits per heavy atom. The predicted octanol–water partition coefficient (Wildman–Crippen LogP) is 3.43. The van der Waals surface area contributed by atoms with E-state index < -0.39 is 0 Å². The topological polar surface area (TPSA) is 27.1 Å². The van der Waals surface area contributed by atoms with Crippen LogP contribution in [0.25, 0.3) is 0 Å². The first kappa shape index (κ1) is 12.7. The van der Waals surface area contributed by atoms with Crippen LogP contribution in [-0.4, -0.2) is 9.78 Å². The summed E-state index contributed by atoms with van der Waals surface area (Å²) in [6.45, 7) is 6.91. The van der Waals surface area contributed by atoms with Gasteiger partial charge >= 0.3 is 0 Å². The van der Waals surface area contributed by atoms with E-state index >= 15 is 0 Å². The van der Waals surface area contributed by atoms with Gasteiger partial charge in [0.1, 0.15) is 12.4 Å². The summed E-state index contributed by atoms with van der Waals surface area (Å²) < 4.78 is 7.68. The lowest BCUT2D eigenvalue weighted by Crippen LogP contribution is -2.03. The molecule has 1 heterocycles. The van der Waals surface area contributed by atoms with E-state index in [-0.39, 0.29) is 0 Å². The lowest BCUT2D eigenvalue weighted by Gasteiger charge is -2.10. The second kappa shape index (κ2) is 5.25. The summed E-state index contributed by atoms with van der Waals surface area (Å²) in [7, 11) is 1.94. The number of ether oxygens (including phenoxy) is 1. The highest BCUT2D eigenvalue weighted by Gasteiger charge is 2.04. The Bertz CT molecular complexity index is 529. The molecule has 96 valence electrons. The summed E-state index contributed by atoms with van der Waals surface area (Å²) in [6.07, 6.45) is 0. The van der Waals surface area contributed by atoms with Crippen LogP contribution in [0.15, 0.2) is 30.3 Å². The zero-order valence-electron chi connectivity index (χ0n) is 11.5. The van der Waals surface area contributed by atoms with Crippen molar-refractivity contribution in [2.24, 2.45) is 7.05 Å². The normalized spacial score (nSPS) is 10.9. The molecule has 1 aromatic heterocycles. The Hall–Kier alpha value is -1.77. The molecule has 0 bridgehead atoms. The molecule has 0 saturated heterocycles.